The Bertz CT molecular complexity index is 1410. The predicted octanol–water partition coefficient (Wildman–Crippen LogP) is 11.1. The van der Waals surface area contributed by atoms with E-state index in [1.54, 1.807) is 0 Å². The van der Waals surface area contributed by atoms with E-state index in [1.165, 1.54) is 95.0 Å². The Kier molecular flexibility index (Phi) is 17.7. The molecule has 0 saturated heterocycles. The van der Waals surface area contributed by atoms with Gasteiger partial charge in [-0.15, -0.1) is 86.8 Å². The Labute approximate surface area is 267 Å². The third-order valence-electron chi connectivity index (χ3n) is 7.41. The first-order chi connectivity index (χ1) is 16.7. The maximum atomic E-state index is 3.06. The molecule has 0 fully saturated rings. The van der Waals surface area contributed by atoms with E-state index in [0.717, 1.165) is 0 Å². The molecule has 0 spiro atoms. The second kappa shape index (κ2) is 17.4. The Morgan fingerprint density at radius 3 is 1.77 bits per heavy atom. The van der Waals surface area contributed by atoms with Crippen LogP contribution in [-0.4, -0.2) is 6.88 Å². The van der Waals surface area contributed by atoms with Crippen molar-refractivity contribution in [3.63, 3.8) is 0 Å². The number of halogens is 2. The molecule has 0 unspecified atom stereocenters. The average Bonchev–Trinajstić information content (AvgIpc) is 3.49. The molecular weight excluding hydrogens is 611 g/mol. The molecule has 0 aliphatic carbocycles. The van der Waals surface area contributed by atoms with E-state index in [4.69, 9.17) is 0 Å². The van der Waals surface area contributed by atoms with E-state index in [2.05, 4.69) is 129 Å². The zero-order valence-corrected chi connectivity index (χ0v) is 30.3. The van der Waals surface area contributed by atoms with E-state index in [9.17, 15) is 0 Å². The molecule has 4 heteroatoms. The van der Waals surface area contributed by atoms with Gasteiger partial charge in [-0.1, -0.05) is 93.3 Å². The van der Waals surface area contributed by atoms with Crippen LogP contribution in [0.25, 0.3) is 32.7 Å². The Morgan fingerprint density at radius 2 is 1.21 bits per heavy atom. The van der Waals surface area contributed by atoms with Crippen LogP contribution < -0.4 is 0 Å². The van der Waals surface area contributed by atoms with E-state index in [0.29, 0.717) is 5.92 Å². The van der Waals surface area contributed by atoms with Crippen LogP contribution in [-0.2, 0) is 23.3 Å². The van der Waals surface area contributed by atoms with Gasteiger partial charge in [0.25, 0.3) is 0 Å². The standard InChI is InChI=1S/C17H15.C16H21.2CH3.2ClH.Si.Zr/c1-12-10-16-13(2)8-9-15(17(16)11-12)14-6-4-3-5-7-14;1-9(2)14-7-15-12(5)10(3)11(4)13(6)16(15)8-14;;;;;;/h3-11H,1-2H3;7-9H,1-6H3;2*1H3;2*1H;;/q4*-1;;;;. The molecule has 5 aromatic rings. The summed E-state index contributed by atoms with van der Waals surface area (Å²) < 4.78 is 0. The SMILES string of the molecule is Cc1c(C)c(C)c2[cH-]c(C(C)C)cc2c1C.Cc1cc2c(-c3ccccc3)ccc(C)c2[cH-]1.Cl.Cl.[CH3-].[CH3-].[Si]=[Zr]. The van der Waals surface area contributed by atoms with Gasteiger partial charge in [-0.05, 0) is 32.3 Å². The number of aryl methyl sites for hydroxylation is 4. The summed E-state index contributed by atoms with van der Waals surface area (Å²) in [5.74, 6) is 0.617. The van der Waals surface area contributed by atoms with Gasteiger partial charge in [-0.2, -0.15) is 12.1 Å². The fraction of sp³-hybridized carbons (Fsp3) is 0.257. The monoisotopic (exact) mass is 652 g/mol. The van der Waals surface area contributed by atoms with Crippen molar-refractivity contribution in [1.29, 1.82) is 0 Å². The van der Waals surface area contributed by atoms with Gasteiger partial charge < -0.3 is 14.9 Å². The van der Waals surface area contributed by atoms with Crippen molar-refractivity contribution in [2.24, 2.45) is 0 Å². The van der Waals surface area contributed by atoms with Crippen LogP contribution in [0.1, 0.15) is 58.7 Å². The van der Waals surface area contributed by atoms with Gasteiger partial charge in [-0.25, -0.2) is 0 Å². The number of hydrogen-bond donors (Lipinski definition) is 0. The molecule has 0 N–H and O–H groups in total. The molecule has 5 rings (SSSR count). The molecule has 0 amide bonds. The van der Waals surface area contributed by atoms with E-state index >= 15 is 0 Å². The van der Waals surface area contributed by atoms with Crippen LogP contribution in [0.4, 0.5) is 0 Å². The summed E-state index contributed by atoms with van der Waals surface area (Å²) >= 11 is 1.36. The van der Waals surface area contributed by atoms with Crippen LogP contribution >= 0.6 is 24.8 Å². The van der Waals surface area contributed by atoms with Crippen molar-refractivity contribution >= 4 is 53.2 Å². The molecule has 0 aliphatic rings. The Morgan fingerprint density at radius 1 is 0.641 bits per heavy atom. The van der Waals surface area contributed by atoms with Crippen LogP contribution in [0.15, 0.2) is 66.7 Å². The van der Waals surface area contributed by atoms with Crippen LogP contribution in [0.2, 0.25) is 0 Å². The summed E-state index contributed by atoms with van der Waals surface area (Å²) in [6.45, 7) is 20.9. The molecule has 0 nitrogen and oxygen atoms in total. The summed E-state index contributed by atoms with van der Waals surface area (Å²) in [7, 11) is 0. The number of fused-ring (bicyclic) bond motifs is 2. The zero-order chi connectivity index (χ0) is 25.9. The van der Waals surface area contributed by atoms with Crippen LogP contribution in [0, 0.1) is 56.4 Å². The van der Waals surface area contributed by atoms with Gasteiger partial charge in [0.1, 0.15) is 0 Å². The summed E-state index contributed by atoms with van der Waals surface area (Å²) in [5.41, 5.74) is 12.6. The zero-order valence-electron chi connectivity index (χ0n) is 25.2. The molecule has 0 heterocycles. The van der Waals surface area contributed by atoms with E-state index in [-0.39, 0.29) is 39.7 Å². The summed E-state index contributed by atoms with van der Waals surface area (Å²) in [6, 6.07) is 24.3. The van der Waals surface area contributed by atoms with Crippen molar-refractivity contribution in [3.8, 4) is 11.1 Å². The Balaban J connectivity index is 0. The minimum atomic E-state index is 0. The fourth-order valence-corrected chi connectivity index (χ4v) is 4.91. The van der Waals surface area contributed by atoms with Gasteiger partial charge in [0, 0.05) is 0 Å². The molecule has 39 heavy (non-hydrogen) atoms. The summed E-state index contributed by atoms with van der Waals surface area (Å²) in [5, 5.41) is 5.64. The third kappa shape index (κ3) is 8.53. The van der Waals surface area contributed by atoms with Crippen molar-refractivity contribution in [2.75, 3.05) is 0 Å². The molecule has 210 valence electrons. The molecule has 0 saturated carbocycles. The normalized spacial score (nSPS) is 9.64. The van der Waals surface area contributed by atoms with Crippen molar-refractivity contribution in [2.45, 2.75) is 61.3 Å². The second-order valence-electron chi connectivity index (χ2n) is 9.93. The quantitative estimate of drug-likeness (QED) is 0.131. The molecular formula is C35H44Cl2SiZr-4. The molecule has 0 bridgehead atoms. The fourth-order valence-electron chi connectivity index (χ4n) is 4.91. The molecule has 5 aromatic carbocycles. The van der Waals surface area contributed by atoms with Gasteiger partial charge in [0.2, 0.25) is 0 Å². The third-order valence-corrected chi connectivity index (χ3v) is 7.41. The molecule has 2 radical (unpaired) electrons. The molecule has 0 aromatic heterocycles. The molecule has 0 aliphatic heterocycles. The summed E-state index contributed by atoms with van der Waals surface area (Å²) in [6.07, 6.45) is 0. The van der Waals surface area contributed by atoms with Crippen LogP contribution in [0.3, 0.4) is 0 Å². The molecule has 0 atom stereocenters. The average molecular weight is 655 g/mol. The van der Waals surface area contributed by atoms with Gasteiger partial charge >= 0.3 is 30.2 Å². The Hall–Kier alpha value is -1.44. The number of hydrogen-bond acceptors (Lipinski definition) is 0. The minimum absolute atomic E-state index is 0. The van der Waals surface area contributed by atoms with Crippen molar-refractivity contribution in [1.82, 2.24) is 0 Å². The number of rotatable bonds is 2. The topological polar surface area (TPSA) is 0 Å². The van der Waals surface area contributed by atoms with E-state index in [1.807, 2.05) is 0 Å². The first-order valence-electron chi connectivity index (χ1n) is 12.3. The summed E-state index contributed by atoms with van der Waals surface area (Å²) in [4.78, 5) is 0. The first-order valence-corrected chi connectivity index (χ1v) is 16.5. The van der Waals surface area contributed by atoms with Crippen molar-refractivity contribution in [3.05, 3.63) is 121 Å². The predicted molar refractivity (Wildman–Crippen MR) is 180 cm³/mol. The first kappa shape index (κ1) is 39.7. The second-order valence-corrected chi connectivity index (χ2v) is 9.93. The van der Waals surface area contributed by atoms with Gasteiger partial charge in [0.05, 0.1) is 0 Å². The maximum absolute atomic E-state index is 3.06. The van der Waals surface area contributed by atoms with Crippen molar-refractivity contribution < 1.29 is 23.3 Å². The van der Waals surface area contributed by atoms with Crippen LogP contribution in [0.5, 0.6) is 0 Å². The van der Waals surface area contributed by atoms with Gasteiger partial charge in [0.15, 0.2) is 0 Å². The number of benzene rings is 3. The van der Waals surface area contributed by atoms with Gasteiger partial charge in [-0.3, -0.25) is 0 Å². The van der Waals surface area contributed by atoms with E-state index < -0.39 is 0 Å².